The second-order valence-corrected chi connectivity index (χ2v) is 10.1. The first kappa shape index (κ1) is 24.2. The van der Waals surface area contributed by atoms with Crippen LogP contribution in [0.1, 0.15) is 46.5 Å². The van der Waals surface area contributed by atoms with E-state index in [1.807, 2.05) is 20.8 Å². The molecule has 3 aliphatic rings. The van der Waals surface area contributed by atoms with Gasteiger partial charge in [-0.2, -0.15) is 0 Å². The molecule has 1 spiro atoms. The molecule has 2 N–H and O–H groups in total. The molecule has 3 aliphatic heterocycles. The van der Waals surface area contributed by atoms with Gasteiger partial charge in [-0.1, -0.05) is 42.3 Å². The lowest BCUT2D eigenvalue weighted by molar-refractivity contribution is -0.154. The number of hydrogen-bond donors (Lipinski definition) is 2. The van der Waals surface area contributed by atoms with Crippen LogP contribution in [-0.2, 0) is 19.1 Å². The van der Waals surface area contributed by atoms with E-state index in [4.69, 9.17) is 4.74 Å². The third kappa shape index (κ3) is 3.62. The average molecular weight is 501 g/mol. The van der Waals surface area contributed by atoms with Gasteiger partial charge in [-0.15, -0.1) is 6.58 Å². The lowest BCUT2D eigenvalue weighted by Gasteiger charge is -2.40. The van der Waals surface area contributed by atoms with Crippen molar-refractivity contribution in [2.75, 3.05) is 13.2 Å². The molecule has 8 nitrogen and oxygen atoms in total. The molecular weight excluding hydrogens is 468 g/mol. The van der Waals surface area contributed by atoms with Gasteiger partial charge in [0.05, 0.1) is 30.6 Å². The number of carboxylic acids is 1. The van der Waals surface area contributed by atoms with Crippen molar-refractivity contribution >= 4 is 33.7 Å². The number of carboxylic acid groups (broad SMARTS) is 1. The first-order chi connectivity index (χ1) is 14.7. The number of halogens is 1. The predicted molar refractivity (Wildman–Crippen MR) is 118 cm³/mol. The molecule has 0 aromatic rings. The number of rotatable bonds is 10. The molecule has 4 unspecified atom stereocenters. The Kier molecular flexibility index (Phi) is 7.18. The van der Waals surface area contributed by atoms with E-state index in [0.717, 1.165) is 12.8 Å². The van der Waals surface area contributed by atoms with Crippen LogP contribution in [0.3, 0.4) is 0 Å². The van der Waals surface area contributed by atoms with E-state index in [0.29, 0.717) is 19.4 Å². The maximum absolute atomic E-state index is 14.0. The summed E-state index contributed by atoms with van der Waals surface area (Å²) in [7, 11) is 0. The van der Waals surface area contributed by atoms with Crippen molar-refractivity contribution in [3.05, 3.63) is 12.7 Å². The van der Waals surface area contributed by atoms with Gasteiger partial charge >= 0.3 is 5.97 Å². The van der Waals surface area contributed by atoms with Crippen molar-refractivity contribution in [1.82, 2.24) is 9.80 Å². The van der Waals surface area contributed by atoms with Gasteiger partial charge in [-0.05, 0) is 26.2 Å². The Balaban J connectivity index is 2.12. The molecule has 0 aromatic carbocycles. The van der Waals surface area contributed by atoms with Crippen LogP contribution in [0, 0.1) is 11.8 Å². The van der Waals surface area contributed by atoms with Crippen molar-refractivity contribution in [2.24, 2.45) is 11.8 Å². The zero-order valence-electron chi connectivity index (χ0n) is 18.4. The molecule has 8 atom stereocenters. The highest BCUT2D eigenvalue weighted by molar-refractivity contribution is 9.09. The summed E-state index contributed by atoms with van der Waals surface area (Å²) in [5.74, 6) is -3.74. The van der Waals surface area contributed by atoms with Gasteiger partial charge in [0.2, 0.25) is 11.8 Å². The number of amides is 2. The number of carbonyl (C=O) groups is 3. The molecule has 3 rings (SSSR count). The Labute approximate surface area is 191 Å². The van der Waals surface area contributed by atoms with Gasteiger partial charge in [0.25, 0.3) is 0 Å². The maximum atomic E-state index is 14.0. The van der Waals surface area contributed by atoms with Crippen molar-refractivity contribution in [3.63, 3.8) is 0 Å². The molecule has 0 aliphatic carbocycles. The van der Waals surface area contributed by atoms with E-state index in [1.54, 1.807) is 11.0 Å². The maximum Gasteiger partial charge on any atom is 0.310 e. The molecule has 9 heteroatoms. The number of alkyl halides is 1. The highest BCUT2D eigenvalue weighted by Gasteiger charge is 2.77. The number of likely N-dealkylation sites (tertiary alicyclic amines) is 1. The second-order valence-electron chi connectivity index (χ2n) is 8.91. The minimum Gasteiger partial charge on any atom is -0.481 e. The summed E-state index contributed by atoms with van der Waals surface area (Å²) < 4.78 is 6.27. The van der Waals surface area contributed by atoms with Crippen LogP contribution in [0.4, 0.5) is 0 Å². The Bertz CT molecular complexity index is 744. The average Bonchev–Trinajstić information content (AvgIpc) is 3.31. The number of aliphatic carboxylic acids is 1. The Morgan fingerprint density at radius 2 is 2.13 bits per heavy atom. The van der Waals surface area contributed by atoms with Crippen LogP contribution >= 0.6 is 15.9 Å². The smallest absolute Gasteiger partial charge is 0.310 e. The number of ether oxygens (including phenoxy) is 1. The van der Waals surface area contributed by atoms with Crippen LogP contribution in [0.25, 0.3) is 0 Å². The van der Waals surface area contributed by atoms with Gasteiger partial charge in [-0.25, -0.2) is 0 Å². The number of hydrogen-bond acceptors (Lipinski definition) is 5. The van der Waals surface area contributed by atoms with E-state index in [-0.39, 0.29) is 23.4 Å². The van der Waals surface area contributed by atoms with E-state index in [9.17, 15) is 24.6 Å². The largest absolute Gasteiger partial charge is 0.481 e. The molecular formula is C22H33BrN2O6. The summed E-state index contributed by atoms with van der Waals surface area (Å²) in [6.07, 6.45) is 3.48. The van der Waals surface area contributed by atoms with Crippen molar-refractivity contribution in [1.29, 1.82) is 0 Å². The molecule has 0 saturated carbocycles. The lowest BCUT2D eigenvalue weighted by Crippen LogP contribution is -2.60. The van der Waals surface area contributed by atoms with Crippen molar-refractivity contribution in [2.45, 2.75) is 81.1 Å². The predicted octanol–water partition coefficient (Wildman–Crippen LogP) is 1.79. The second kappa shape index (κ2) is 9.19. The topological polar surface area (TPSA) is 107 Å². The van der Waals surface area contributed by atoms with Crippen LogP contribution < -0.4 is 0 Å². The van der Waals surface area contributed by atoms with Crippen LogP contribution in [0.15, 0.2) is 12.7 Å². The third-order valence-electron chi connectivity index (χ3n) is 7.17. The quantitative estimate of drug-likeness (QED) is 0.349. The standard InChI is InChI=1S/C22H33BrN2O6/c1-5-8-12(4)24(9-6-2)20(28)18-22-10-14(23)17(31-22)15(21(29)30)16(22)19(27)25(18)13(7-3)11-26/h6,12-18,26H,2,5,7-11H2,1,3-4H3,(H,29,30)/t12?,13-,14?,15+,16-,17+,18?,22?/m0/s1. The van der Waals surface area contributed by atoms with Gasteiger partial charge in [0.1, 0.15) is 11.6 Å². The van der Waals surface area contributed by atoms with Crippen LogP contribution in [0.5, 0.6) is 0 Å². The fourth-order valence-corrected chi connectivity index (χ4v) is 6.74. The summed E-state index contributed by atoms with van der Waals surface area (Å²) in [6, 6.07) is -1.64. The normalized spacial score (nSPS) is 35.7. The molecule has 0 radical (unpaired) electrons. The lowest BCUT2D eigenvalue weighted by atomic mass is 9.70. The minimum absolute atomic E-state index is 0.0780. The minimum atomic E-state index is -1.22. The highest BCUT2D eigenvalue weighted by Crippen LogP contribution is 2.60. The summed E-state index contributed by atoms with van der Waals surface area (Å²) in [4.78, 5) is 42.6. The van der Waals surface area contributed by atoms with Gasteiger partial charge in [-0.3, -0.25) is 14.4 Å². The monoisotopic (exact) mass is 500 g/mol. The number of fused-ring (bicyclic) bond motifs is 1. The molecule has 3 heterocycles. The number of nitrogens with zero attached hydrogens (tertiary/aromatic N) is 2. The third-order valence-corrected chi connectivity index (χ3v) is 8.01. The zero-order chi connectivity index (χ0) is 23.1. The summed E-state index contributed by atoms with van der Waals surface area (Å²) >= 11 is 3.54. The first-order valence-electron chi connectivity index (χ1n) is 11.1. The Morgan fingerprint density at radius 3 is 2.65 bits per heavy atom. The molecule has 3 fully saturated rings. The van der Waals surface area contributed by atoms with E-state index >= 15 is 0 Å². The molecule has 2 amide bonds. The van der Waals surface area contributed by atoms with Gasteiger partial charge in [0.15, 0.2) is 0 Å². The highest BCUT2D eigenvalue weighted by atomic mass is 79.9. The Hall–Kier alpha value is -1.45. The zero-order valence-corrected chi connectivity index (χ0v) is 20.0. The van der Waals surface area contributed by atoms with E-state index < -0.39 is 47.5 Å². The van der Waals surface area contributed by atoms with Crippen LogP contribution in [-0.4, -0.2) is 85.6 Å². The van der Waals surface area contributed by atoms with Crippen LogP contribution in [0.2, 0.25) is 0 Å². The summed E-state index contributed by atoms with van der Waals surface area (Å²) in [6.45, 7) is 9.64. The number of carbonyl (C=O) groups excluding carboxylic acids is 2. The molecule has 2 bridgehead atoms. The van der Waals surface area contributed by atoms with Crippen molar-refractivity contribution < 1.29 is 29.3 Å². The molecule has 3 saturated heterocycles. The van der Waals surface area contributed by atoms with E-state index in [2.05, 4.69) is 22.5 Å². The fourth-order valence-electron chi connectivity index (χ4n) is 5.79. The SMILES string of the molecule is C=CCN(C(=O)C1N([C@@H](CC)CO)C(=O)[C@@H]2[C@@H](C(=O)O)[C@@H]3OC12CC3Br)C(C)CCC. The summed E-state index contributed by atoms with van der Waals surface area (Å²) in [5.41, 5.74) is -1.22. The summed E-state index contributed by atoms with van der Waals surface area (Å²) in [5, 5.41) is 19.9. The molecule has 31 heavy (non-hydrogen) atoms. The molecule has 174 valence electrons. The fraction of sp³-hybridized carbons (Fsp3) is 0.773. The number of aliphatic hydroxyl groups is 1. The van der Waals surface area contributed by atoms with Crippen molar-refractivity contribution in [3.8, 4) is 0 Å². The number of aliphatic hydroxyl groups excluding tert-OH is 1. The Morgan fingerprint density at radius 1 is 1.45 bits per heavy atom. The van der Waals surface area contributed by atoms with E-state index in [1.165, 1.54) is 4.90 Å². The van der Waals surface area contributed by atoms with Gasteiger partial charge in [0, 0.05) is 17.4 Å². The first-order valence-corrected chi connectivity index (χ1v) is 12.0. The van der Waals surface area contributed by atoms with Gasteiger partial charge < -0.3 is 24.7 Å². The molecule has 0 aromatic heterocycles.